The average Bonchev–Trinajstić information content (AvgIpc) is 2.16. The van der Waals surface area contributed by atoms with Gasteiger partial charge in [0.25, 0.3) is 0 Å². The Hall–Kier alpha value is -0.810. The zero-order valence-corrected chi connectivity index (χ0v) is 9.99. The minimum Gasteiger partial charge on any atom is -0.241 e. The summed E-state index contributed by atoms with van der Waals surface area (Å²) in [5.41, 5.74) is -0.488. The molecule has 0 aliphatic rings. The van der Waals surface area contributed by atoms with Crippen LogP contribution in [0.15, 0.2) is 28.9 Å². The van der Waals surface area contributed by atoms with E-state index in [0.29, 0.717) is 0 Å². The zero-order valence-electron chi connectivity index (χ0n) is 7.65. The van der Waals surface area contributed by atoms with E-state index >= 15 is 0 Å². The van der Waals surface area contributed by atoms with Gasteiger partial charge in [0.05, 0.1) is 11.1 Å². The lowest BCUT2D eigenvalue weighted by Gasteiger charge is -2.10. The van der Waals surface area contributed by atoms with Crippen molar-refractivity contribution in [2.24, 2.45) is 0 Å². The van der Waals surface area contributed by atoms with Crippen molar-refractivity contribution in [3.05, 3.63) is 39.5 Å². The molecule has 1 heterocycles. The topological polar surface area (TPSA) is 12.9 Å². The lowest BCUT2D eigenvalue weighted by Crippen LogP contribution is -2.06. The predicted molar refractivity (Wildman–Crippen MR) is 59.5 cm³/mol. The van der Waals surface area contributed by atoms with Crippen LogP contribution in [0.2, 0.25) is 5.02 Å². The number of benzene rings is 1. The molecule has 0 amide bonds. The second kappa shape index (κ2) is 3.89. The molecule has 0 aliphatic heterocycles. The molecule has 6 heteroatoms. The summed E-state index contributed by atoms with van der Waals surface area (Å²) >= 11 is 8.62. The summed E-state index contributed by atoms with van der Waals surface area (Å²) in [5, 5.41) is 0.255. The highest BCUT2D eigenvalue weighted by Gasteiger charge is 2.33. The van der Waals surface area contributed by atoms with E-state index in [1.807, 2.05) is 0 Å². The van der Waals surface area contributed by atoms with E-state index in [4.69, 9.17) is 11.6 Å². The van der Waals surface area contributed by atoms with Gasteiger partial charge < -0.3 is 0 Å². The van der Waals surface area contributed by atoms with Gasteiger partial charge in [0.2, 0.25) is 0 Å². The van der Waals surface area contributed by atoms with Crippen LogP contribution in [0.1, 0.15) is 5.56 Å². The molecule has 1 aromatic heterocycles. The van der Waals surface area contributed by atoms with Crippen molar-refractivity contribution in [2.45, 2.75) is 6.18 Å². The molecule has 1 nitrogen and oxygen atoms in total. The normalized spacial score (nSPS) is 12.1. The molecule has 0 fully saturated rings. The molecule has 2 aromatic rings. The largest absolute Gasteiger partial charge is 0.417 e. The van der Waals surface area contributed by atoms with E-state index in [-0.39, 0.29) is 20.5 Å². The minimum absolute atomic E-state index is 0.00296. The van der Waals surface area contributed by atoms with Crippen molar-refractivity contribution in [3.63, 3.8) is 0 Å². The molecular formula is C10H4BrClF3N. The first kappa shape index (κ1) is 11.7. The summed E-state index contributed by atoms with van der Waals surface area (Å²) in [7, 11) is 0. The molecule has 0 unspecified atom stereocenters. The molecule has 2 rings (SSSR count). The zero-order chi connectivity index (χ0) is 11.9. The Bertz CT molecular complexity index is 553. The van der Waals surface area contributed by atoms with Gasteiger partial charge in [-0.3, -0.25) is 0 Å². The summed E-state index contributed by atoms with van der Waals surface area (Å²) in [5.74, 6) is 0. The van der Waals surface area contributed by atoms with Crippen LogP contribution in [0.25, 0.3) is 10.9 Å². The van der Waals surface area contributed by atoms with Crippen LogP contribution < -0.4 is 0 Å². The van der Waals surface area contributed by atoms with Crippen LogP contribution >= 0.6 is 27.5 Å². The highest BCUT2D eigenvalue weighted by molar-refractivity contribution is 9.10. The quantitative estimate of drug-likeness (QED) is 0.644. The third-order valence-electron chi connectivity index (χ3n) is 2.04. The lowest BCUT2D eigenvalue weighted by atomic mass is 10.1. The van der Waals surface area contributed by atoms with Gasteiger partial charge in [0, 0.05) is 10.4 Å². The second-order valence-corrected chi connectivity index (χ2v) is 4.40. The van der Waals surface area contributed by atoms with Crippen molar-refractivity contribution in [1.82, 2.24) is 4.98 Å². The Morgan fingerprint density at radius 2 is 1.88 bits per heavy atom. The molecule has 0 radical (unpaired) electrons. The standard InChI is InChI=1S/C10H4BrClF3N/c11-9-4-7(10(13,14)15)6-3-5(12)1-2-8(6)16-9/h1-4H. The highest BCUT2D eigenvalue weighted by atomic mass is 79.9. The third-order valence-corrected chi connectivity index (χ3v) is 2.69. The van der Waals surface area contributed by atoms with E-state index in [0.717, 1.165) is 6.07 Å². The Labute approximate surface area is 102 Å². The molecule has 0 spiro atoms. The number of pyridine rings is 1. The Balaban J connectivity index is 2.85. The first-order chi connectivity index (χ1) is 7.38. The van der Waals surface area contributed by atoms with Gasteiger partial charge >= 0.3 is 6.18 Å². The number of hydrogen-bond acceptors (Lipinski definition) is 1. The van der Waals surface area contributed by atoms with Crippen molar-refractivity contribution in [1.29, 1.82) is 0 Å². The summed E-state index contributed by atoms with van der Waals surface area (Å²) in [6, 6.07) is 5.17. The summed E-state index contributed by atoms with van der Waals surface area (Å²) < 4.78 is 38.4. The predicted octanol–water partition coefficient (Wildman–Crippen LogP) is 4.67. The average molecular weight is 311 g/mol. The molecule has 1 aromatic carbocycles. The number of alkyl halides is 3. The smallest absolute Gasteiger partial charge is 0.241 e. The number of hydrogen-bond donors (Lipinski definition) is 0. The maximum atomic E-state index is 12.7. The Morgan fingerprint density at radius 3 is 2.50 bits per heavy atom. The first-order valence-electron chi connectivity index (χ1n) is 4.21. The molecular weight excluding hydrogens is 306 g/mol. The third kappa shape index (κ3) is 2.15. The van der Waals surface area contributed by atoms with Crippen LogP contribution in [0.3, 0.4) is 0 Å². The maximum absolute atomic E-state index is 12.7. The van der Waals surface area contributed by atoms with Gasteiger partial charge in [-0.05, 0) is 40.2 Å². The molecule has 0 bridgehead atoms. The first-order valence-corrected chi connectivity index (χ1v) is 5.38. The SMILES string of the molecule is FC(F)(F)c1cc(Br)nc2ccc(Cl)cc12. The fraction of sp³-hybridized carbons (Fsp3) is 0.100. The number of halogens is 5. The molecule has 0 saturated carbocycles. The fourth-order valence-corrected chi connectivity index (χ4v) is 1.99. The van der Waals surface area contributed by atoms with Crippen molar-refractivity contribution in [2.75, 3.05) is 0 Å². The van der Waals surface area contributed by atoms with E-state index < -0.39 is 11.7 Å². The number of fused-ring (bicyclic) bond motifs is 1. The van der Waals surface area contributed by atoms with Crippen LogP contribution in [-0.2, 0) is 6.18 Å². The highest BCUT2D eigenvalue weighted by Crippen LogP contribution is 2.36. The minimum atomic E-state index is -4.42. The molecule has 0 aliphatic carbocycles. The van der Waals surface area contributed by atoms with Crippen LogP contribution in [0.4, 0.5) is 13.2 Å². The fourth-order valence-electron chi connectivity index (χ4n) is 1.40. The maximum Gasteiger partial charge on any atom is 0.417 e. The Morgan fingerprint density at radius 1 is 1.19 bits per heavy atom. The Kier molecular flexibility index (Phi) is 2.84. The van der Waals surface area contributed by atoms with Gasteiger partial charge in [0.15, 0.2) is 0 Å². The van der Waals surface area contributed by atoms with Crippen molar-refractivity contribution < 1.29 is 13.2 Å². The molecule has 84 valence electrons. The van der Waals surface area contributed by atoms with Crippen LogP contribution in [0, 0.1) is 0 Å². The van der Waals surface area contributed by atoms with Crippen LogP contribution in [-0.4, -0.2) is 4.98 Å². The number of rotatable bonds is 0. The van der Waals surface area contributed by atoms with Gasteiger partial charge in [-0.25, -0.2) is 4.98 Å². The van der Waals surface area contributed by atoms with Gasteiger partial charge in [-0.15, -0.1) is 0 Å². The van der Waals surface area contributed by atoms with E-state index in [1.54, 1.807) is 0 Å². The van der Waals surface area contributed by atoms with E-state index in [2.05, 4.69) is 20.9 Å². The van der Waals surface area contributed by atoms with E-state index in [9.17, 15) is 13.2 Å². The van der Waals surface area contributed by atoms with Crippen LogP contribution in [0.5, 0.6) is 0 Å². The summed E-state index contributed by atoms with van der Waals surface area (Å²) in [4.78, 5) is 3.95. The summed E-state index contributed by atoms with van der Waals surface area (Å²) in [6.45, 7) is 0. The lowest BCUT2D eigenvalue weighted by molar-refractivity contribution is -0.136. The number of aromatic nitrogens is 1. The molecule has 0 saturated heterocycles. The monoisotopic (exact) mass is 309 g/mol. The summed E-state index contributed by atoms with van der Waals surface area (Å²) in [6.07, 6.45) is -4.42. The number of nitrogens with zero attached hydrogens (tertiary/aromatic N) is 1. The molecule has 16 heavy (non-hydrogen) atoms. The second-order valence-electron chi connectivity index (χ2n) is 3.15. The molecule has 0 N–H and O–H groups in total. The van der Waals surface area contributed by atoms with Gasteiger partial charge in [-0.1, -0.05) is 11.6 Å². The van der Waals surface area contributed by atoms with Crippen molar-refractivity contribution >= 4 is 38.4 Å². The van der Waals surface area contributed by atoms with Gasteiger partial charge in [-0.2, -0.15) is 13.2 Å². The van der Waals surface area contributed by atoms with E-state index in [1.165, 1.54) is 18.2 Å². The molecule has 0 atom stereocenters. The van der Waals surface area contributed by atoms with Crippen molar-refractivity contribution in [3.8, 4) is 0 Å². The van der Waals surface area contributed by atoms with Gasteiger partial charge in [0.1, 0.15) is 4.60 Å².